The number of nitrogens with one attached hydrogen (secondary N) is 1. The molecular weight excluding hydrogens is 432 g/mol. The van der Waals surface area contributed by atoms with Gasteiger partial charge in [-0.15, -0.1) is 0 Å². The van der Waals surface area contributed by atoms with Crippen molar-refractivity contribution < 1.29 is 23.8 Å². The number of nitrogens with zero attached hydrogens (tertiary/aromatic N) is 1. The van der Waals surface area contributed by atoms with E-state index < -0.39 is 5.97 Å². The lowest BCUT2D eigenvalue weighted by atomic mass is 10.0. The minimum Gasteiger partial charge on any atom is -0.494 e. The number of esters is 1. The van der Waals surface area contributed by atoms with Crippen LogP contribution >= 0.6 is 0 Å². The predicted molar refractivity (Wildman–Crippen MR) is 131 cm³/mol. The Morgan fingerprint density at radius 2 is 1.44 bits per heavy atom. The second-order valence-corrected chi connectivity index (χ2v) is 7.72. The maximum Gasteiger partial charge on any atom is 0.343 e. The lowest BCUT2D eigenvalue weighted by Crippen LogP contribution is -2.24. The lowest BCUT2D eigenvalue weighted by molar-refractivity contribution is -0.123. The molecule has 0 bridgehead atoms. The van der Waals surface area contributed by atoms with Crippen molar-refractivity contribution in [2.75, 3.05) is 13.2 Å². The lowest BCUT2D eigenvalue weighted by Gasteiger charge is -2.08. The van der Waals surface area contributed by atoms with Gasteiger partial charge in [-0.25, -0.2) is 10.2 Å². The van der Waals surface area contributed by atoms with Crippen LogP contribution in [0.25, 0.3) is 0 Å². The molecule has 34 heavy (non-hydrogen) atoms. The molecule has 1 N–H and O–H groups in total. The van der Waals surface area contributed by atoms with Gasteiger partial charge in [0.2, 0.25) is 0 Å². The zero-order valence-corrected chi connectivity index (χ0v) is 19.5. The van der Waals surface area contributed by atoms with Gasteiger partial charge in [0.1, 0.15) is 17.2 Å². The molecule has 0 aromatic heterocycles. The van der Waals surface area contributed by atoms with Gasteiger partial charge in [0, 0.05) is 0 Å². The molecule has 0 radical (unpaired) electrons. The van der Waals surface area contributed by atoms with Gasteiger partial charge in [-0.2, -0.15) is 5.10 Å². The highest BCUT2D eigenvalue weighted by Crippen LogP contribution is 2.19. The molecule has 0 fully saturated rings. The number of hydrazone groups is 1. The zero-order valence-electron chi connectivity index (χ0n) is 19.5. The summed E-state index contributed by atoms with van der Waals surface area (Å²) in [4.78, 5) is 24.2. The van der Waals surface area contributed by atoms with Gasteiger partial charge in [-0.3, -0.25) is 4.79 Å². The van der Waals surface area contributed by atoms with Crippen molar-refractivity contribution in [3.63, 3.8) is 0 Å². The van der Waals surface area contributed by atoms with Gasteiger partial charge < -0.3 is 14.2 Å². The van der Waals surface area contributed by atoms with Crippen LogP contribution in [0.15, 0.2) is 77.9 Å². The average molecular weight is 461 g/mol. The van der Waals surface area contributed by atoms with Crippen LogP contribution in [0.4, 0.5) is 0 Å². The van der Waals surface area contributed by atoms with E-state index in [-0.39, 0.29) is 12.5 Å². The molecule has 3 aromatic carbocycles. The van der Waals surface area contributed by atoms with Crippen LogP contribution in [0.3, 0.4) is 0 Å². The first-order chi connectivity index (χ1) is 16.4. The van der Waals surface area contributed by atoms with Crippen LogP contribution < -0.4 is 19.6 Å². The standard InChI is InChI=1S/C27H28N2O5/c1-4-32-23-15-9-22(10-16-23)27(31)34-25-11-5-20(6-12-25)17-28-29-26(30)18-33-24-13-7-21(8-14-24)19(2)3/h5-17,19H,4,18H2,1-3H3,(H,29,30)/b28-17+. The van der Waals surface area contributed by atoms with E-state index in [9.17, 15) is 9.59 Å². The Balaban J connectivity index is 1.44. The number of amides is 1. The molecule has 0 heterocycles. The molecule has 7 heteroatoms. The van der Waals surface area contributed by atoms with Crippen molar-refractivity contribution >= 4 is 18.1 Å². The first-order valence-electron chi connectivity index (χ1n) is 11.0. The highest BCUT2D eigenvalue weighted by atomic mass is 16.5. The number of hydrogen-bond donors (Lipinski definition) is 1. The summed E-state index contributed by atoms with van der Waals surface area (Å²) < 4.78 is 16.2. The zero-order chi connectivity index (χ0) is 24.3. The summed E-state index contributed by atoms with van der Waals surface area (Å²) in [6.45, 7) is 6.55. The average Bonchev–Trinajstić information content (AvgIpc) is 2.84. The van der Waals surface area contributed by atoms with E-state index in [1.54, 1.807) is 48.5 Å². The van der Waals surface area contributed by atoms with E-state index in [0.29, 0.717) is 35.3 Å². The molecule has 0 saturated carbocycles. The van der Waals surface area contributed by atoms with Gasteiger partial charge in [0.25, 0.3) is 5.91 Å². The molecule has 7 nitrogen and oxygen atoms in total. The van der Waals surface area contributed by atoms with Crippen LogP contribution in [-0.4, -0.2) is 31.3 Å². The van der Waals surface area contributed by atoms with Crippen molar-refractivity contribution in [1.82, 2.24) is 5.43 Å². The maximum absolute atomic E-state index is 12.3. The molecule has 0 aliphatic heterocycles. The van der Waals surface area contributed by atoms with Gasteiger partial charge in [-0.1, -0.05) is 26.0 Å². The predicted octanol–water partition coefficient (Wildman–Crippen LogP) is 4.96. The molecule has 0 aliphatic rings. The second kappa shape index (κ2) is 12.2. The smallest absolute Gasteiger partial charge is 0.343 e. The Morgan fingerprint density at radius 3 is 2.06 bits per heavy atom. The largest absolute Gasteiger partial charge is 0.494 e. The van der Waals surface area contributed by atoms with Gasteiger partial charge >= 0.3 is 5.97 Å². The summed E-state index contributed by atoms with van der Waals surface area (Å²) in [6, 6.07) is 21.2. The molecule has 0 saturated heterocycles. The highest BCUT2D eigenvalue weighted by molar-refractivity contribution is 5.91. The van der Waals surface area contributed by atoms with Crippen molar-refractivity contribution in [1.29, 1.82) is 0 Å². The van der Waals surface area contributed by atoms with Crippen LogP contribution in [0.5, 0.6) is 17.2 Å². The monoisotopic (exact) mass is 460 g/mol. The molecule has 0 spiro atoms. The summed E-state index contributed by atoms with van der Waals surface area (Å²) >= 11 is 0. The maximum atomic E-state index is 12.3. The van der Waals surface area contributed by atoms with E-state index in [1.807, 2.05) is 31.2 Å². The van der Waals surface area contributed by atoms with Crippen molar-refractivity contribution in [2.24, 2.45) is 5.10 Å². The number of carbonyl (C=O) groups is 2. The fraction of sp³-hybridized carbons (Fsp3) is 0.222. The molecule has 0 atom stereocenters. The van der Waals surface area contributed by atoms with Crippen LogP contribution in [-0.2, 0) is 4.79 Å². The van der Waals surface area contributed by atoms with Crippen molar-refractivity contribution in [3.05, 3.63) is 89.5 Å². The SMILES string of the molecule is CCOc1ccc(C(=O)Oc2ccc(/C=N/NC(=O)COc3ccc(C(C)C)cc3)cc2)cc1. The van der Waals surface area contributed by atoms with Gasteiger partial charge in [-0.05, 0) is 84.6 Å². The Labute approximate surface area is 199 Å². The first kappa shape index (κ1) is 24.5. The minimum absolute atomic E-state index is 0.140. The summed E-state index contributed by atoms with van der Waals surface area (Å²) in [5.41, 5.74) is 4.78. The van der Waals surface area contributed by atoms with Crippen LogP contribution in [0, 0.1) is 0 Å². The van der Waals surface area contributed by atoms with E-state index in [4.69, 9.17) is 14.2 Å². The van der Waals surface area contributed by atoms with E-state index in [2.05, 4.69) is 24.4 Å². The molecule has 1 amide bonds. The summed E-state index contributed by atoms with van der Waals surface area (Å²) in [5, 5.41) is 3.93. The third-order valence-corrected chi connectivity index (χ3v) is 4.81. The van der Waals surface area contributed by atoms with Crippen molar-refractivity contribution in [3.8, 4) is 17.2 Å². The fourth-order valence-electron chi connectivity index (χ4n) is 2.95. The normalized spacial score (nSPS) is 10.8. The van der Waals surface area contributed by atoms with E-state index >= 15 is 0 Å². The Morgan fingerprint density at radius 1 is 0.853 bits per heavy atom. The highest BCUT2D eigenvalue weighted by Gasteiger charge is 2.09. The Bertz CT molecular complexity index is 1110. The molecular formula is C27H28N2O5. The van der Waals surface area contributed by atoms with Crippen molar-refractivity contribution in [2.45, 2.75) is 26.7 Å². The van der Waals surface area contributed by atoms with Crippen LogP contribution in [0.2, 0.25) is 0 Å². The Hall–Kier alpha value is -4.13. The topological polar surface area (TPSA) is 86.2 Å². The fourth-order valence-corrected chi connectivity index (χ4v) is 2.95. The number of ether oxygens (including phenoxy) is 3. The summed E-state index contributed by atoms with van der Waals surface area (Å²) in [6.07, 6.45) is 1.49. The second-order valence-electron chi connectivity index (χ2n) is 7.72. The number of hydrogen-bond acceptors (Lipinski definition) is 6. The van der Waals surface area contributed by atoms with Gasteiger partial charge in [0.15, 0.2) is 6.61 Å². The van der Waals surface area contributed by atoms with Crippen LogP contribution in [0.1, 0.15) is 48.2 Å². The quantitative estimate of drug-likeness (QED) is 0.200. The third-order valence-electron chi connectivity index (χ3n) is 4.81. The third kappa shape index (κ3) is 7.48. The first-order valence-corrected chi connectivity index (χ1v) is 11.0. The van der Waals surface area contributed by atoms with E-state index in [0.717, 1.165) is 5.56 Å². The minimum atomic E-state index is -0.462. The number of benzene rings is 3. The van der Waals surface area contributed by atoms with Gasteiger partial charge in [0.05, 0.1) is 18.4 Å². The molecule has 3 aromatic rings. The molecule has 176 valence electrons. The van der Waals surface area contributed by atoms with E-state index in [1.165, 1.54) is 11.8 Å². The summed E-state index contributed by atoms with van der Waals surface area (Å²) in [7, 11) is 0. The number of rotatable bonds is 10. The molecule has 0 aliphatic carbocycles. The molecule has 3 rings (SSSR count). The molecule has 0 unspecified atom stereocenters. The number of carbonyl (C=O) groups excluding carboxylic acids is 2. The Kier molecular flexibility index (Phi) is 8.80. The summed E-state index contributed by atoms with van der Waals surface area (Å²) in [5.74, 6) is 1.32.